The summed E-state index contributed by atoms with van der Waals surface area (Å²) in [7, 11) is 1.60. The molecule has 4 nitrogen and oxygen atoms in total. The molecule has 0 fully saturated rings. The third-order valence-electron chi connectivity index (χ3n) is 4.76. The number of benzene rings is 3. The number of ketones is 1. The third kappa shape index (κ3) is 3.53. The lowest BCUT2D eigenvalue weighted by molar-refractivity contribution is 0.0993. The summed E-state index contributed by atoms with van der Waals surface area (Å²) in [6.45, 7) is 1.64. The molecule has 29 heavy (non-hydrogen) atoms. The van der Waals surface area contributed by atoms with Crippen LogP contribution in [0.1, 0.15) is 17.3 Å². The third-order valence-corrected chi connectivity index (χ3v) is 5.90. The molecule has 0 aliphatic rings. The Morgan fingerprint density at radius 1 is 1.03 bits per heavy atom. The molecule has 0 spiro atoms. The van der Waals surface area contributed by atoms with Crippen molar-refractivity contribution < 1.29 is 13.6 Å². The first kappa shape index (κ1) is 19.3. The smallest absolute Gasteiger partial charge is 0.261 e. The minimum Gasteiger partial charge on any atom is -0.293 e. The predicted octanol–water partition coefficient (Wildman–Crippen LogP) is 4.73. The van der Waals surface area contributed by atoms with Gasteiger partial charge in [0.05, 0.1) is 16.2 Å². The van der Waals surface area contributed by atoms with Crippen molar-refractivity contribution in [1.82, 2.24) is 9.55 Å². The number of hydrogen-bond donors (Lipinski definition) is 0. The molecule has 3 aromatic carbocycles. The van der Waals surface area contributed by atoms with E-state index in [0.29, 0.717) is 16.1 Å². The minimum absolute atomic E-state index is 0.0701. The molecule has 7 heteroatoms. The normalized spacial score (nSPS) is 12.4. The molecule has 0 N–H and O–H groups in total. The Morgan fingerprint density at radius 2 is 1.72 bits per heavy atom. The summed E-state index contributed by atoms with van der Waals surface area (Å²) in [5.41, 5.74) is 0.401. The second-order valence-electron chi connectivity index (χ2n) is 6.73. The first-order valence-electron chi connectivity index (χ1n) is 8.90. The number of aromatic nitrogens is 2. The molecule has 1 heterocycles. The van der Waals surface area contributed by atoms with E-state index in [9.17, 15) is 18.4 Å². The van der Waals surface area contributed by atoms with Crippen LogP contribution < -0.4 is 5.56 Å². The van der Waals surface area contributed by atoms with E-state index in [2.05, 4.69) is 4.98 Å². The van der Waals surface area contributed by atoms with Gasteiger partial charge in [-0.2, -0.15) is 0 Å². The van der Waals surface area contributed by atoms with Crippen LogP contribution in [0.4, 0.5) is 8.78 Å². The number of carbonyl (C=O) groups excluding carboxylic acids is 1. The van der Waals surface area contributed by atoms with Crippen molar-refractivity contribution in [2.75, 3.05) is 0 Å². The predicted molar refractivity (Wildman–Crippen MR) is 110 cm³/mol. The molecular weight excluding hydrogens is 394 g/mol. The Hall–Kier alpha value is -3.06. The van der Waals surface area contributed by atoms with Gasteiger partial charge in [0, 0.05) is 12.6 Å². The Balaban J connectivity index is 1.72. The van der Waals surface area contributed by atoms with Crippen LogP contribution in [0.25, 0.3) is 21.7 Å². The molecule has 0 aliphatic heterocycles. The van der Waals surface area contributed by atoms with Crippen LogP contribution >= 0.6 is 11.8 Å². The zero-order valence-electron chi connectivity index (χ0n) is 15.6. The molecule has 4 rings (SSSR count). The number of fused-ring (bicyclic) bond motifs is 2. The maximum absolute atomic E-state index is 13.5. The Morgan fingerprint density at radius 3 is 2.41 bits per heavy atom. The second-order valence-corrected chi connectivity index (χ2v) is 8.04. The molecule has 0 unspecified atom stereocenters. The summed E-state index contributed by atoms with van der Waals surface area (Å²) in [6.07, 6.45) is 0. The van der Waals surface area contributed by atoms with Crippen molar-refractivity contribution in [2.45, 2.75) is 17.3 Å². The van der Waals surface area contributed by atoms with Gasteiger partial charge >= 0.3 is 0 Å². The average Bonchev–Trinajstić information content (AvgIpc) is 2.72. The molecule has 0 aliphatic carbocycles. The van der Waals surface area contributed by atoms with Gasteiger partial charge < -0.3 is 0 Å². The first-order chi connectivity index (χ1) is 13.8. The molecule has 0 bridgehead atoms. The van der Waals surface area contributed by atoms with E-state index in [0.717, 1.165) is 34.7 Å². The van der Waals surface area contributed by atoms with E-state index in [1.807, 2.05) is 36.4 Å². The SMILES string of the molecule is C[C@H](Sc1nc2cc3ccccc3cc2c(=O)n1C)C(=O)c1ccc(F)c(F)c1. The topological polar surface area (TPSA) is 52.0 Å². The Labute approximate surface area is 169 Å². The van der Waals surface area contributed by atoms with Gasteiger partial charge in [-0.25, -0.2) is 13.8 Å². The van der Waals surface area contributed by atoms with E-state index >= 15 is 0 Å². The first-order valence-corrected chi connectivity index (χ1v) is 9.78. The van der Waals surface area contributed by atoms with Crippen molar-refractivity contribution in [1.29, 1.82) is 0 Å². The van der Waals surface area contributed by atoms with Gasteiger partial charge in [0.25, 0.3) is 5.56 Å². The quantitative estimate of drug-likeness (QED) is 0.211. The largest absolute Gasteiger partial charge is 0.293 e. The fourth-order valence-corrected chi connectivity index (χ4v) is 4.09. The number of rotatable bonds is 4. The highest BCUT2D eigenvalue weighted by Crippen LogP contribution is 2.26. The summed E-state index contributed by atoms with van der Waals surface area (Å²) in [4.78, 5) is 30.0. The number of nitrogens with zero attached hydrogens (tertiary/aromatic N) is 2. The number of carbonyl (C=O) groups is 1. The molecule has 4 aromatic rings. The molecule has 1 atom stereocenters. The summed E-state index contributed by atoms with van der Waals surface area (Å²) in [5, 5.41) is 2.14. The van der Waals surface area contributed by atoms with E-state index in [1.165, 1.54) is 10.6 Å². The van der Waals surface area contributed by atoms with Crippen LogP contribution in [0.5, 0.6) is 0 Å². The van der Waals surface area contributed by atoms with Gasteiger partial charge in [-0.3, -0.25) is 14.2 Å². The van der Waals surface area contributed by atoms with Crippen molar-refractivity contribution in [3.8, 4) is 0 Å². The summed E-state index contributed by atoms with van der Waals surface area (Å²) in [6, 6.07) is 14.4. The lowest BCUT2D eigenvalue weighted by Crippen LogP contribution is -2.22. The van der Waals surface area contributed by atoms with Crippen LogP contribution in [0.2, 0.25) is 0 Å². The Bertz CT molecular complexity index is 1330. The zero-order valence-corrected chi connectivity index (χ0v) is 16.5. The number of hydrogen-bond acceptors (Lipinski definition) is 4. The van der Waals surface area contributed by atoms with Crippen LogP contribution in [0.3, 0.4) is 0 Å². The van der Waals surface area contributed by atoms with E-state index in [4.69, 9.17) is 0 Å². The molecule has 0 saturated carbocycles. The van der Waals surface area contributed by atoms with Gasteiger partial charge in [0.2, 0.25) is 0 Å². The van der Waals surface area contributed by atoms with Gasteiger partial charge in [0.1, 0.15) is 0 Å². The maximum Gasteiger partial charge on any atom is 0.261 e. The van der Waals surface area contributed by atoms with Gasteiger partial charge in [-0.05, 0) is 48.0 Å². The monoisotopic (exact) mass is 410 g/mol. The van der Waals surface area contributed by atoms with Crippen molar-refractivity contribution >= 4 is 39.2 Å². The minimum atomic E-state index is -1.07. The maximum atomic E-state index is 13.5. The molecule has 0 radical (unpaired) electrons. The number of Topliss-reactive ketones (excluding diaryl/α,β-unsaturated/α-hetero) is 1. The van der Waals surface area contributed by atoms with Crippen LogP contribution in [-0.4, -0.2) is 20.6 Å². The zero-order chi connectivity index (χ0) is 20.7. The van der Waals surface area contributed by atoms with Crippen molar-refractivity contribution in [2.24, 2.45) is 7.05 Å². The number of thioether (sulfide) groups is 1. The highest BCUT2D eigenvalue weighted by molar-refractivity contribution is 8.00. The number of halogens is 2. The molecular formula is C22H16F2N2O2S. The standard InChI is InChI=1S/C22H16F2N2O2S/c1-12(20(27)15-7-8-17(23)18(24)10-15)29-22-25-19-11-14-6-4-3-5-13(14)9-16(19)21(28)26(22)2/h3-12H,1-2H3/t12-/m0/s1. The second kappa shape index (κ2) is 7.40. The van der Waals surface area contributed by atoms with E-state index in [1.54, 1.807) is 14.0 Å². The molecule has 0 amide bonds. The molecule has 0 saturated heterocycles. The van der Waals surface area contributed by atoms with Gasteiger partial charge in [-0.15, -0.1) is 0 Å². The van der Waals surface area contributed by atoms with Crippen molar-refractivity contribution in [3.63, 3.8) is 0 Å². The molecule has 1 aromatic heterocycles. The van der Waals surface area contributed by atoms with Crippen molar-refractivity contribution in [3.05, 3.63) is 82.1 Å². The van der Waals surface area contributed by atoms with Crippen LogP contribution in [0.15, 0.2) is 64.5 Å². The van der Waals surface area contributed by atoms with E-state index in [-0.39, 0.29) is 16.9 Å². The average molecular weight is 410 g/mol. The Kier molecular flexibility index (Phi) is 4.92. The summed E-state index contributed by atoms with van der Waals surface area (Å²) >= 11 is 1.10. The highest BCUT2D eigenvalue weighted by atomic mass is 32.2. The van der Waals surface area contributed by atoms with Crippen LogP contribution in [-0.2, 0) is 7.05 Å². The lowest BCUT2D eigenvalue weighted by Gasteiger charge is -2.13. The molecule has 146 valence electrons. The summed E-state index contributed by atoms with van der Waals surface area (Å²) < 4.78 is 28.0. The lowest BCUT2D eigenvalue weighted by atomic mass is 10.1. The van der Waals surface area contributed by atoms with Gasteiger partial charge in [-0.1, -0.05) is 36.0 Å². The van der Waals surface area contributed by atoms with Crippen LogP contribution in [0, 0.1) is 11.6 Å². The highest BCUT2D eigenvalue weighted by Gasteiger charge is 2.21. The fourth-order valence-electron chi connectivity index (χ4n) is 3.14. The summed E-state index contributed by atoms with van der Waals surface area (Å²) in [5.74, 6) is -2.45. The van der Waals surface area contributed by atoms with E-state index < -0.39 is 16.9 Å². The fraction of sp³-hybridized carbons (Fsp3) is 0.136. The van der Waals surface area contributed by atoms with Gasteiger partial charge in [0.15, 0.2) is 22.6 Å².